The molecule has 1 saturated heterocycles. The summed E-state index contributed by atoms with van der Waals surface area (Å²) in [6.45, 7) is 12.8. The third-order valence-electron chi connectivity index (χ3n) is 3.51. The topological polar surface area (TPSA) is 46.0 Å². The number of aromatic nitrogens is 3. The van der Waals surface area contributed by atoms with E-state index in [4.69, 9.17) is 0 Å². The zero-order valence-corrected chi connectivity index (χ0v) is 13.9. The second kappa shape index (κ2) is 6.91. The van der Waals surface area contributed by atoms with Gasteiger partial charge >= 0.3 is 0 Å². The number of hydrogen-bond donors (Lipinski definition) is 1. The minimum Gasteiger partial charge on any atom is -0.306 e. The molecule has 1 atom stereocenters. The molecule has 2 rings (SSSR count). The summed E-state index contributed by atoms with van der Waals surface area (Å²) in [5.41, 5.74) is 1.13. The van der Waals surface area contributed by atoms with E-state index in [1.807, 2.05) is 4.68 Å². The molecule has 1 N–H and O–H groups in total. The van der Waals surface area contributed by atoms with Crippen LogP contribution in [0.2, 0.25) is 0 Å². The number of nitrogens with one attached hydrogen (secondary N) is 1. The van der Waals surface area contributed by atoms with Gasteiger partial charge in [0.05, 0.1) is 12.2 Å². The first kappa shape index (κ1) is 15.8. The second-order valence-corrected chi connectivity index (χ2v) is 7.69. The van der Waals surface area contributed by atoms with Gasteiger partial charge in [-0.15, -0.1) is 5.10 Å². The fourth-order valence-electron chi connectivity index (χ4n) is 2.21. The number of rotatable bonds is 5. The summed E-state index contributed by atoms with van der Waals surface area (Å²) in [5, 5.41) is 11.9. The van der Waals surface area contributed by atoms with E-state index >= 15 is 0 Å². The summed E-state index contributed by atoms with van der Waals surface area (Å²) in [6, 6.07) is 0.680. The van der Waals surface area contributed by atoms with Crippen molar-refractivity contribution >= 4 is 11.8 Å². The normalized spacial score (nSPS) is 21.3. The van der Waals surface area contributed by atoms with Gasteiger partial charge in [-0.05, 0) is 27.7 Å². The highest BCUT2D eigenvalue weighted by molar-refractivity contribution is 7.99. The van der Waals surface area contributed by atoms with Crippen LogP contribution in [-0.4, -0.2) is 56.1 Å². The van der Waals surface area contributed by atoms with Crippen LogP contribution in [0.1, 0.15) is 33.4 Å². The van der Waals surface area contributed by atoms with Gasteiger partial charge in [-0.3, -0.25) is 9.58 Å². The second-order valence-electron chi connectivity index (χ2n) is 6.54. The van der Waals surface area contributed by atoms with Gasteiger partial charge in [-0.1, -0.05) is 5.21 Å². The molecule has 1 aromatic heterocycles. The van der Waals surface area contributed by atoms with Gasteiger partial charge in [0.1, 0.15) is 0 Å². The van der Waals surface area contributed by atoms with Crippen LogP contribution in [0.3, 0.4) is 0 Å². The Morgan fingerprint density at radius 1 is 1.40 bits per heavy atom. The van der Waals surface area contributed by atoms with E-state index in [9.17, 15) is 0 Å². The average molecular weight is 297 g/mol. The van der Waals surface area contributed by atoms with Crippen molar-refractivity contribution in [3.8, 4) is 0 Å². The Bertz CT molecular complexity index is 412. The lowest BCUT2D eigenvalue weighted by Crippen LogP contribution is -2.42. The molecule has 0 bridgehead atoms. The molecule has 2 heterocycles. The van der Waals surface area contributed by atoms with E-state index in [0.717, 1.165) is 25.3 Å². The standard InChI is InChI=1S/C14H27N5S/c1-12-11-20-8-7-18(12)5-6-19-10-13(16-17-19)9-15-14(2,3)4/h10,12,15H,5-9,11H2,1-4H3. The Morgan fingerprint density at radius 3 is 2.90 bits per heavy atom. The largest absolute Gasteiger partial charge is 0.306 e. The molecule has 0 radical (unpaired) electrons. The van der Waals surface area contributed by atoms with Crippen LogP contribution in [-0.2, 0) is 13.1 Å². The lowest BCUT2D eigenvalue weighted by molar-refractivity contribution is 0.220. The molecule has 0 amide bonds. The van der Waals surface area contributed by atoms with E-state index < -0.39 is 0 Å². The summed E-state index contributed by atoms with van der Waals surface area (Å²) in [5.74, 6) is 2.50. The van der Waals surface area contributed by atoms with Crippen molar-refractivity contribution in [2.75, 3.05) is 24.6 Å². The Balaban J connectivity index is 1.77. The highest BCUT2D eigenvalue weighted by atomic mass is 32.2. The maximum Gasteiger partial charge on any atom is 0.0965 e. The molecule has 1 aromatic rings. The maximum atomic E-state index is 4.23. The molecular weight excluding hydrogens is 270 g/mol. The SMILES string of the molecule is CC1CSCCN1CCn1cc(CNC(C)(C)C)nn1. The lowest BCUT2D eigenvalue weighted by atomic mass is 10.1. The summed E-state index contributed by atoms with van der Waals surface area (Å²) in [7, 11) is 0. The Hall–Kier alpha value is -0.590. The molecule has 1 aliphatic rings. The highest BCUT2D eigenvalue weighted by Crippen LogP contribution is 2.15. The monoisotopic (exact) mass is 297 g/mol. The number of hydrogen-bond acceptors (Lipinski definition) is 5. The third-order valence-corrected chi connectivity index (χ3v) is 4.70. The van der Waals surface area contributed by atoms with Crippen molar-refractivity contribution in [2.45, 2.75) is 52.4 Å². The van der Waals surface area contributed by atoms with Gasteiger partial charge < -0.3 is 5.32 Å². The number of nitrogens with zero attached hydrogens (tertiary/aromatic N) is 4. The summed E-state index contributed by atoms with van der Waals surface area (Å²) < 4.78 is 1.97. The minimum atomic E-state index is 0.116. The minimum absolute atomic E-state index is 0.116. The van der Waals surface area contributed by atoms with Crippen LogP contribution in [0.25, 0.3) is 0 Å². The van der Waals surface area contributed by atoms with Crippen LogP contribution >= 0.6 is 11.8 Å². The van der Waals surface area contributed by atoms with Crippen molar-refractivity contribution < 1.29 is 0 Å². The van der Waals surface area contributed by atoms with Crippen molar-refractivity contribution in [1.29, 1.82) is 0 Å². The first-order valence-electron chi connectivity index (χ1n) is 7.40. The van der Waals surface area contributed by atoms with Gasteiger partial charge in [0, 0.05) is 48.9 Å². The van der Waals surface area contributed by atoms with E-state index in [1.165, 1.54) is 18.1 Å². The first-order chi connectivity index (χ1) is 9.44. The van der Waals surface area contributed by atoms with E-state index in [-0.39, 0.29) is 5.54 Å². The third kappa shape index (κ3) is 5.07. The quantitative estimate of drug-likeness (QED) is 0.894. The Labute approximate surface area is 126 Å². The highest BCUT2D eigenvalue weighted by Gasteiger charge is 2.18. The zero-order chi connectivity index (χ0) is 14.6. The molecule has 20 heavy (non-hydrogen) atoms. The van der Waals surface area contributed by atoms with Crippen molar-refractivity contribution in [3.63, 3.8) is 0 Å². The van der Waals surface area contributed by atoms with Crippen LogP contribution < -0.4 is 5.32 Å². The van der Waals surface area contributed by atoms with Crippen LogP contribution in [0.5, 0.6) is 0 Å². The Morgan fingerprint density at radius 2 is 2.20 bits per heavy atom. The molecule has 1 aliphatic heterocycles. The zero-order valence-electron chi connectivity index (χ0n) is 13.1. The van der Waals surface area contributed by atoms with Gasteiger partial charge in [-0.2, -0.15) is 11.8 Å². The smallest absolute Gasteiger partial charge is 0.0965 e. The molecule has 1 unspecified atom stereocenters. The van der Waals surface area contributed by atoms with Gasteiger partial charge in [0.2, 0.25) is 0 Å². The van der Waals surface area contributed by atoms with Gasteiger partial charge in [0.25, 0.3) is 0 Å². The Kier molecular flexibility index (Phi) is 5.46. The molecule has 1 fully saturated rings. The predicted octanol–water partition coefficient (Wildman–Crippen LogP) is 1.60. The fraction of sp³-hybridized carbons (Fsp3) is 0.857. The molecular formula is C14H27N5S. The van der Waals surface area contributed by atoms with Crippen LogP contribution in [0.15, 0.2) is 6.20 Å². The summed E-state index contributed by atoms with van der Waals surface area (Å²) >= 11 is 2.06. The summed E-state index contributed by atoms with van der Waals surface area (Å²) in [6.07, 6.45) is 2.06. The lowest BCUT2D eigenvalue weighted by Gasteiger charge is -2.32. The molecule has 0 saturated carbocycles. The maximum absolute atomic E-state index is 4.23. The fourth-order valence-corrected chi connectivity index (χ4v) is 3.29. The molecule has 6 heteroatoms. The van der Waals surface area contributed by atoms with Crippen molar-refractivity contribution in [2.24, 2.45) is 0 Å². The first-order valence-corrected chi connectivity index (χ1v) is 8.55. The van der Waals surface area contributed by atoms with Gasteiger partial charge in [-0.25, -0.2) is 0 Å². The van der Waals surface area contributed by atoms with E-state index in [1.54, 1.807) is 0 Å². The van der Waals surface area contributed by atoms with E-state index in [0.29, 0.717) is 6.04 Å². The summed E-state index contributed by atoms with van der Waals surface area (Å²) in [4.78, 5) is 2.55. The molecule has 0 spiro atoms. The van der Waals surface area contributed by atoms with Crippen LogP contribution in [0, 0.1) is 0 Å². The molecule has 0 aliphatic carbocycles. The number of thioether (sulfide) groups is 1. The molecule has 114 valence electrons. The van der Waals surface area contributed by atoms with Crippen molar-refractivity contribution in [1.82, 2.24) is 25.2 Å². The van der Waals surface area contributed by atoms with Crippen molar-refractivity contribution in [3.05, 3.63) is 11.9 Å². The molecule has 0 aromatic carbocycles. The average Bonchev–Trinajstić information content (AvgIpc) is 2.83. The van der Waals surface area contributed by atoms with Gasteiger partial charge in [0.15, 0.2) is 0 Å². The van der Waals surface area contributed by atoms with E-state index in [2.05, 4.69) is 66.2 Å². The molecule has 5 nitrogen and oxygen atoms in total. The van der Waals surface area contributed by atoms with Crippen LogP contribution in [0.4, 0.5) is 0 Å². The predicted molar refractivity (Wildman–Crippen MR) is 85.0 cm³/mol.